The van der Waals surface area contributed by atoms with E-state index >= 15 is 0 Å². The molecule has 2 aromatic carbocycles. The zero-order chi connectivity index (χ0) is 24.2. The highest BCUT2D eigenvalue weighted by Gasteiger charge is 2.17. The Labute approximate surface area is 196 Å². The van der Waals surface area contributed by atoms with Gasteiger partial charge in [0.05, 0.1) is 17.7 Å². The lowest BCUT2D eigenvalue weighted by molar-refractivity contribution is 0.0519. The molecule has 2 aromatic heterocycles. The molecule has 0 unspecified atom stereocenters. The van der Waals surface area contributed by atoms with E-state index in [1.54, 1.807) is 72.4 Å². The average Bonchev–Trinajstić information content (AvgIpc) is 3.32. The normalized spacial score (nSPS) is 11.1. The van der Waals surface area contributed by atoms with E-state index in [0.29, 0.717) is 28.7 Å². The number of amides is 1. The van der Waals surface area contributed by atoms with Crippen molar-refractivity contribution in [1.82, 2.24) is 19.6 Å². The van der Waals surface area contributed by atoms with E-state index in [9.17, 15) is 14.4 Å². The second kappa shape index (κ2) is 9.70. The van der Waals surface area contributed by atoms with Crippen molar-refractivity contribution in [2.24, 2.45) is 5.92 Å². The van der Waals surface area contributed by atoms with Crippen molar-refractivity contribution in [3.63, 3.8) is 0 Å². The van der Waals surface area contributed by atoms with Gasteiger partial charge in [0.25, 0.3) is 11.5 Å². The van der Waals surface area contributed by atoms with E-state index in [1.165, 1.54) is 4.68 Å². The SMILES string of the molecule is CCOC(=O)c1ccn(-c2ccc(NC(=O)c3nn(CC(C)C)c(=O)c4ccccc34)cc2)n1. The Morgan fingerprint density at radius 1 is 1.00 bits per heavy atom. The van der Waals surface area contributed by atoms with Crippen LogP contribution in [0.4, 0.5) is 5.69 Å². The number of rotatable bonds is 7. The van der Waals surface area contributed by atoms with E-state index in [0.717, 1.165) is 0 Å². The molecular formula is C25H25N5O4. The molecule has 0 fully saturated rings. The van der Waals surface area contributed by atoms with Gasteiger partial charge >= 0.3 is 5.97 Å². The molecule has 174 valence electrons. The summed E-state index contributed by atoms with van der Waals surface area (Å²) < 4.78 is 7.86. The van der Waals surface area contributed by atoms with Crippen molar-refractivity contribution in [2.75, 3.05) is 11.9 Å². The summed E-state index contributed by atoms with van der Waals surface area (Å²) in [6, 6.07) is 15.5. The summed E-state index contributed by atoms with van der Waals surface area (Å²) in [7, 11) is 0. The number of nitrogens with one attached hydrogen (secondary N) is 1. The summed E-state index contributed by atoms with van der Waals surface area (Å²) >= 11 is 0. The molecule has 0 saturated carbocycles. The lowest BCUT2D eigenvalue weighted by atomic mass is 10.1. The van der Waals surface area contributed by atoms with Gasteiger partial charge < -0.3 is 10.1 Å². The largest absolute Gasteiger partial charge is 0.461 e. The van der Waals surface area contributed by atoms with Crippen LogP contribution in [0.25, 0.3) is 16.5 Å². The van der Waals surface area contributed by atoms with Gasteiger partial charge in [-0.05, 0) is 49.2 Å². The van der Waals surface area contributed by atoms with E-state index in [2.05, 4.69) is 15.5 Å². The van der Waals surface area contributed by atoms with Gasteiger partial charge in [-0.15, -0.1) is 0 Å². The average molecular weight is 460 g/mol. The van der Waals surface area contributed by atoms with Crippen molar-refractivity contribution in [1.29, 1.82) is 0 Å². The van der Waals surface area contributed by atoms with Gasteiger partial charge in [0, 0.05) is 23.8 Å². The first-order valence-electron chi connectivity index (χ1n) is 11.0. The number of aromatic nitrogens is 4. The lowest BCUT2D eigenvalue weighted by Crippen LogP contribution is -2.29. The zero-order valence-corrected chi connectivity index (χ0v) is 19.2. The minimum atomic E-state index is -0.483. The molecule has 9 heteroatoms. The summed E-state index contributed by atoms with van der Waals surface area (Å²) in [5.74, 6) is -0.699. The van der Waals surface area contributed by atoms with Gasteiger partial charge in [-0.2, -0.15) is 10.2 Å². The molecule has 0 bridgehead atoms. The third-order valence-electron chi connectivity index (χ3n) is 5.08. The van der Waals surface area contributed by atoms with Crippen molar-refractivity contribution in [2.45, 2.75) is 27.3 Å². The van der Waals surface area contributed by atoms with Gasteiger partial charge in [0.2, 0.25) is 0 Å². The first kappa shape index (κ1) is 22.9. The van der Waals surface area contributed by atoms with Gasteiger partial charge in [-0.1, -0.05) is 32.0 Å². The summed E-state index contributed by atoms with van der Waals surface area (Å²) in [5.41, 5.74) is 1.45. The van der Waals surface area contributed by atoms with E-state index in [-0.39, 0.29) is 29.5 Å². The topological polar surface area (TPSA) is 108 Å². The van der Waals surface area contributed by atoms with Gasteiger partial charge in [0.1, 0.15) is 0 Å². The summed E-state index contributed by atoms with van der Waals surface area (Å²) in [6.45, 7) is 6.40. The molecule has 0 saturated heterocycles. The van der Waals surface area contributed by atoms with Crippen molar-refractivity contribution in [3.05, 3.63) is 82.5 Å². The predicted molar refractivity (Wildman–Crippen MR) is 128 cm³/mol. The summed E-state index contributed by atoms with van der Waals surface area (Å²) in [6.07, 6.45) is 1.66. The first-order valence-corrected chi connectivity index (χ1v) is 11.0. The number of esters is 1. The Kier molecular flexibility index (Phi) is 6.53. The molecule has 1 N–H and O–H groups in total. The number of carbonyl (C=O) groups excluding carboxylic acids is 2. The van der Waals surface area contributed by atoms with Crippen molar-refractivity contribution < 1.29 is 14.3 Å². The Bertz CT molecular complexity index is 1400. The van der Waals surface area contributed by atoms with Crippen molar-refractivity contribution in [3.8, 4) is 5.69 Å². The molecule has 4 aromatic rings. The van der Waals surface area contributed by atoms with Crippen LogP contribution in [0.1, 0.15) is 41.7 Å². The second-order valence-corrected chi connectivity index (χ2v) is 8.14. The van der Waals surface area contributed by atoms with Crippen LogP contribution in [0.5, 0.6) is 0 Å². The van der Waals surface area contributed by atoms with Gasteiger partial charge in [-0.3, -0.25) is 9.59 Å². The molecule has 1 amide bonds. The van der Waals surface area contributed by atoms with E-state index in [1.807, 2.05) is 13.8 Å². The second-order valence-electron chi connectivity index (χ2n) is 8.14. The maximum absolute atomic E-state index is 13.1. The highest BCUT2D eigenvalue weighted by Crippen LogP contribution is 2.18. The Morgan fingerprint density at radius 3 is 2.38 bits per heavy atom. The number of hydrogen-bond donors (Lipinski definition) is 1. The first-order chi connectivity index (χ1) is 16.4. The molecule has 9 nitrogen and oxygen atoms in total. The minimum Gasteiger partial charge on any atom is -0.461 e. The van der Waals surface area contributed by atoms with Crippen LogP contribution in [0, 0.1) is 5.92 Å². The monoisotopic (exact) mass is 459 g/mol. The Hall–Kier alpha value is -4.27. The van der Waals surface area contributed by atoms with Crippen LogP contribution in [-0.4, -0.2) is 38.0 Å². The fourth-order valence-electron chi connectivity index (χ4n) is 3.54. The highest BCUT2D eigenvalue weighted by atomic mass is 16.5. The maximum atomic E-state index is 13.1. The Balaban J connectivity index is 1.58. The highest BCUT2D eigenvalue weighted by molar-refractivity contribution is 6.11. The summed E-state index contributed by atoms with van der Waals surface area (Å²) in [5, 5.41) is 12.4. The van der Waals surface area contributed by atoms with Crippen LogP contribution < -0.4 is 10.9 Å². The quantitative estimate of drug-likeness (QED) is 0.423. The van der Waals surface area contributed by atoms with Crippen LogP contribution >= 0.6 is 0 Å². The molecular weight excluding hydrogens is 434 g/mol. The number of nitrogens with zero attached hydrogens (tertiary/aromatic N) is 4. The summed E-state index contributed by atoms with van der Waals surface area (Å²) in [4.78, 5) is 37.7. The minimum absolute atomic E-state index is 0.186. The number of carbonyl (C=O) groups is 2. The number of anilines is 1. The third kappa shape index (κ3) is 4.73. The lowest BCUT2D eigenvalue weighted by Gasteiger charge is -2.13. The van der Waals surface area contributed by atoms with Crippen LogP contribution in [0.3, 0.4) is 0 Å². The fraction of sp³-hybridized carbons (Fsp3) is 0.240. The maximum Gasteiger partial charge on any atom is 0.358 e. The third-order valence-corrected chi connectivity index (χ3v) is 5.08. The fourth-order valence-corrected chi connectivity index (χ4v) is 3.54. The molecule has 0 aliphatic heterocycles. The van der Waals surface area contributed by atoms with Gasteiger partial charge in [0.15, 0.2) is 11.4 Å². The number of fused-ring (bicyclic) bond motifs is 1. The smallest absolute Gasteiger partial charge is 0.358 e. The molecule has 4 rings (SSSR count). The van der Waals surface area contributed by atoms with Crippen LogP contribution in [0.15, 0.2) is 65.6 Å². The molecule has 0 radical (unpaired) electrons. The molecule has 2 heterocycles. The molecule has 0 aliphatic rings. The van der Waals surface area contributed by atoms with E-state index < -0.39 is 11.9 Å². The molecule has 0 spiro atoms. The molecule has 0 aliphatic carbocycles. The zero-order valence-electron chi connectivity index (χ0n) is 19.2. The number of hydrogen-bond acceptors (Lipinski definition) is 6. The van der Waals surface area contributed by atoms with Crippen LogP contribution in [-0.2, 0) is 11.3 Å². The van der Waals surface area contributed by atoms with Crippen molar-refractivity contribution >= 4 is 28.3 Å². The van der Waals surface area contributed by atoms with E-state index in [4.69, 9.17) is 4.74 Å². The molecule has 34 heavy (non-hydrogen) atoms. The number of benzene rings is 2. The number of ether oxygens (including phenoxy) is 1. The van der Waals surface area contributed by atoms with Crippen LogP contribution in [0.2, 0.25) is 0 Å². The standard InChI is InChI=1S/C25H25N5O4/c1-4-34-25(33)21-13-14-29(27-21)18-11-9-17(10-12-18)26-23(31)22-19-7-5-6-8-20(19)24(32)30(28-22)15-16(2)3/h5-14,16H,4,15H2,1-3H3,(H,26,31). The Morgan fingerprint density at radius 2 is 1.71 bits per heavy atom. The molecule has 0 atom stereocenters. The predicted octanol–water partition coefficient (Wildman–Crippen LogP) is 3.67. The van der Waals surface area contributed by atoms with Gasteiger partial charge in [-0.25, -0.2) is 14.2 Å².